The molecule has 5 heteroatoms. The van der Waals surface area contributed by atoms with E-state index in [-0.39, 0.29) is 17.7 Å². The average Bonchev–Trinajstić information content (AvgIpc) is 2.26. The molecule has 0 aliphatic carbocycles. The quantitative estimate of drug-likeness (QED) is 0.785. The normalized spacial score (nSPS) is 18.6. The second kappa shape index (κ2) is 7.07. The molecule has 0 radical (unpaired) electrons. The fraction of sp³-hybridized carbons (Fsp3) is 0.867. The van der Waals surface area contributed by atoms with E-state index in [1.54, 1.807) is 0 Å². The van der Waals surface area contributed by atoms with Gasteiger partial charge >= 0.3 is 5.97 Å². The third-order valence-corrected chi connectivity index (χ3v) is 3.67. The summed E-state index contributed by atoms with van der Waals surface area (Å²) in [5.41, 5.74) is -0.402. The van der Waals surface area contributed by atoms with E-state index in [0.29, 0.717) is 32.5 Å². The van der Waals surface area contributed by atoms with Crippen LogP contribution in [0, 0.1) is 5.41 Å². The minimum Gasteiger partial charge on any atom is -0.481 e. The molecule has 0 bridgehead atoms. The number of amides is 1. The first-order valence-corrected chi connectivity index (χ1v) is 7.33. The molecule has 0 saturated carbocycles. The second-order valence-electron chi connectivity index (χ2n) is 6.93. The zero-order valence-electron chi connectivity index (χ0n) is 12.8. The van der Waals surface area contributed by atoms with Crippen molar-refractivity contribution in [2.24, 2.45) is 5.41 Å². The van der Waals surface area contributed by atoms with E-state index in [1.165, 1.54) is 0 Å². The van der Waals surface area contributed by atoms with Gasteiger partial charge in [0.2, 0.25) is 5.91 Å². The number of nitrogens with one attached hydrogen (secondary N) is 1. The van der Waals surface area contributed by atoms with Crippen molar-refractivity contribution < 1.29 is 19.4 Å². The lowest BCUT2D eigenvalue weighted by Crippen LogP contribution is -2.53. The molecule has 1 saturated heterocycles. The molecule has 0 aromatic heterocycles. The fourth-order valence-electron chi connectivity index (χ4n) is 2.54. The Bertz CT molecular complexity index is 340. The number of aliphatic carboxylic acids is 1. The zero-order chi connectivity index (χ0) is 15.2. The van der Waals surface area contributed by atoms with E-state index in [0.717, 1.165) is 12.8 Å². The Labute approximate surface area is 121 Å². The Balaban J connectivity index is 2.48. The SMILES string of the molecule is CC(C)(C)CCCC(=O)NC1(CC(=O)O)CCOCC1. The lowest BCUT2D eigenvalue weighted by Gasteiger charge is -2.37. The van der Waals surface area contributed by atoms with Crippen molar-refractivity contribution in [3.8, 4) is 0 Å². The molecule has 0 unspecified atom stereocenters. The number of hydrogen-bond donors (Lipinski definition) is 2. The van der Waals surface area contributed by atoms with Gasteiger partial charge in [-0.3, -0.25) is 9.59 Å². The maximum absolute atomic E-state index is 12.0. The molecule has 2 N–H and O–H groups in total. The highest BCUT2D eigenvalue weighted by molar-refractivity contribution is 5.78. The number of carboxylic acids is 1. The summed E-state index contributed by atoms with van der Waals surface area (Å²) in [4.78, 5) is 23.0. The number of carbonyl (C=O) groups excluding carboxylic acids is 1. The summed E-state index contributed by atoms with van der Waals surface area (Å²) >= 11 is 0. The Morgan fingerprint density at radius 3 is 2.35 bits per heavy atom. The molecule has 1 heterocycles. The molecule has 20 heavy (non-hydrogen) atoms. The molecule has 0 aromatic carbocycles. The second-order valence-corrected chi connectivity index (χ2v) is 6.93. The Morgan fingerprint density at radius 1 is 1.25 bits per heavy atom. The van der Waals surface area contributed by atoms with Crippen molar-refractivity contribution in [2.45, 2.75) is 64.8 Å². The van der Waals surface area contributed by atoms with Crippen molar-refractivity contribution >= 4 is 11.9 Å². The lowest BCUT2D eigenvalue weighted by atomic mass is 9.86. The predicted octanol–water partition coefficient (Wildman–Crippen LogP) is 2.34. The van der Waals surface area contributed by atoms with E-state index < -0.39 is 11.5 Å². The summed E-state index contributed by atoms with van der Waals surface area (Å²) in [5, 5.41) is 12.0. The van der Waals surface area contributed by atoms with E-state index >= 15 is 0 Å². The monoisotopic (exact) mass is 285 g/mol. The van der Waals surface area contributed by atoms with E-state index in [9.17, 15) is 9.59 Å². The predicted molar refractivity (Wildman–Crippen MR) is 76.5 cm³/mol. The molecular formula is C15H27NO4. The summed E-state index contributed by atoms with van der Waals surface area (Å²) in [6.45, 7) is 7.46. The van der Waals surface area contributed by atoms with Crippen molar-refractivity contribution in [2.75, 3.05) is 13.2 Å². The highest BCUT2D eigenvalue weighted by atomic mass is 16.5. The van der Waals surface area contributed by atoms with Crippen LogP contribution >= 0.6 is 0 Å². The van der Waals surface area contributed by atoms with Crippen LogP contribution < -0.4 is 5.32 Å². The lowest BCUT2D eigenvalue weighted by molar-refractivity contribution is -0.140. The highest BCUT2D eigenvalue weighted by Crippen LogP contribution is 2.26. The van der Waals surface area contributed by atoms with Gasteiger partial charge < -0.3 is 15.2 Å². The Hall–Kier alpha value is -1.10. The summed E-state index contributed by atoms with van der Waals surface area (Å²) in [6, 6.07) is 0. The summed E-state index contributed by atoms with van der Waals surface area (Å²) in [7, 11) is 0. The molecular weight excluding hydrogens is 258 g/mol. The molecule has 0 spiro atoms. The Kier molecular flexibility index (Phi) is 5.99. The van der Waals surface area contributed by atoms with Crippen molar-refractivity contribution in [1.82, 2.24) is 5.32 Å². The summed E-state index contributed by atoms with van der Waals surface area (Å²) < 4.78 is 5.27. The van der Waals surface area contributed by atoms with Gasteiger partial charge in [0.05, 0.1) is 12.0 Å². The van der Waals surface area contributed by atoms with Gasteiger partial charge in [-0.25, -0.2) is 0 Å². The standard InChI is InChI=1S/C15H27NO4/c1-14(2,3)6-4-5-12(17)16-15(11-13(18)19)7-9-20-10-8-15/h4-11H2,1-3H3,(H,16,17)(H,18,19). The van der Waals surface area contributed by atoms with Gasteiger partial charge in [0, 0.05) is 19.6 Å². The summed E-state index contributed by atoms with van der Waals surface area (Å²) in [6.07, 6.45) is 3.39. The molecule has 1 amide bonds. The Morgan fingerprint density at radius 2 is 1.85 bits per heavy atom. The van der Waals surface area contributed by atoms with Gasteiger partial charge in [0.15, 0.2) is 0 Å². The van der Waals surface area contributed by atoms with Gasteiger partial charge in [0.25, 0.3) is 0 Å². The number of carbonyl (C=O) groups is 2. The van der Waals surface area contributed by atoms with Gasteiger partial charge in [0.1, 0.15) is 0 Å². The van der Waals surface area contributed by atoms with Crippen molar-refractivity contribution in [3.63, 3.8) is 0 Å². The molecule has 0 atom stereocenters. The average molecular weight is 285 g/mol. The third-order valence-electron chi connectivity index (χ3n) is 3.67. The number of carboxylic acid groups (broad SMARTS) is 1. The van der Waals surface area contributed by atoms with Crippen molar-refractivity contribution in [1.29, 1.82) is 0 Å². The maximum Gasteiger partial charge on any atom is 0.305 e. The molecule has 1 fully saturated rings. The first kappa shape index (κ1) is 17.0. The van der Waals surface area contributed by atoms with Crippen LogP contribution in [0.5, 0.6) is 0 Å². The van der Waals surface area contributed by atoms with Gasteiger partial charge in [-0.05, 0) is 31.1 Å². The van der Waals surface area contributed by atoms with E-state index in [2.05, 4.69) is 26.1 Å². The van der Waals surface area contributed by atoms with Crippen LogP contribution in [0.3, 0.4) is 0 Å². The zero-order valence-corrected chi connectivity index (χ0v) is 12.8. The van der Waals surface area contributed by atoms with Crippen LogP contribution in [0.1, 0.15) is 59.3 Å². The van der Waals surface area contributed by atoms with Crippen LogP contribution in [0.2, 0.25) is 0 Å². The van der Waals surface area contributed by atoms with Crippen LogP contribution in [0.25, 0.3) is 0 Å². The molecule has 116 valence electrons. The number of rotatable bonds is 6. The van der Waals surface area contributed by atoms with Crippen LogP contribution in [0.15, 0.2) is 0 Å². The molecule has 1 aliphatic heterocycles. The molecule has 1 aliphatic rings. The van der Waals surface area contributed by atoms with Gasteiger partial charge in [-0.15, -0.1) is 0 Å². The van der Waals surface area contributed by atoms with E-state index in [4.69, 9.17) is 9.84 Å². The van der Waals surface area contributed by atoms with Crippen LogP contribution in [-0.2, 0) is 14.3 Å². The minimum atomic E-state index is -0.873. The topological polar surface area (TPSA) is 75.6 Å². The number of hydrogen-bond acceptors (Lipinski definition) is 3. The van der Waals surface area contributed by atoms with Crippen LogP contribution in [-0.4, -0.2) is 35.7 Å². The van der Waals surface area contributed by atoms with E-state index in [1.807, 2.05) is 0 Å². The molecule has 5 nitrogen and oxygen atoms in total. The first-order chi connectivity index (χ1) is 9.22. The fourth-order valence-corrected chi connectivity index (χ4v) is 2.54. The molecule has 0 aromatic rings. The molecule has 1 rings (SSSR count). The van der Waals surface area contributed by atoms with Gasteiger partial charge in [-0.2, -0.15) is 0 Å². The maximum atomic E-state index is 12.0. The van der Waals surface area contributed by atoms with Crippen molar-refractivity contribution in [3.05, 3.63) is 0 Å². The smallest absolute Gasteiger partial charge is 0.305 e. The third kappa shape index (κ3) is 6.37. The first-order valence-electron chi connectivity index (χ1n) is 7.33. The largest absolute Gasteiger partial charge is 0.481 e. The van der Waals surface area contributed by atoms with Gasteiger partial charge in [-0.1, -0.05) is 20.8 Å². The highest BCUT2D eigenvalue weighted by Gasteiger charge is 2.36. The van der Waals surface area contributed by atoms with Crippen LogP contribution in [0.4, 0.5) is 0 Å². The minimum absolute atomic E-state index is 0.0264. The summed E-state index contributed by atoms with van der Waals surface area (Å²) in [5.74, 6) is -0.917. The number of ether oxygens (including phenoxy) is 1.